The SMILES string of the molecule is CC(C)(C)[C]1[CH][C](C(C)(C)C)[C](C(C)(C)C)[CH]1.CC(C)(C)[C]1[CH][C](C(C)(C)C)[C](C(C)(C)C)[CH]1.CC(C)(C)[C]1[CH][C](C(C)(C)C)[C](C(C)(C)C)[CH]1.CC(C)(C)[C]1[CH][C](C(C)(C)C)[C](C(C)(C)C)[CH]1.F[P-](F)(F)(F)(F)F.F[P-](F)(F)(F)(F)F.[C-]#[O+].[C-]#[O+].[C-]#[O+].[C-]#[O+].[C-]#[O+].[C-]#[O+].[C-]#[O+].[C-]#[O+].[Fe+2].[Fe].[Fe].[Fe].[Fe].[P]1[P][P][P]1.[P]1[P][P][P]1. The molecule has 2 aliphatic heterocycles. The quantitative estimate of drug-likeness (QED) is 0.0744. The Morgan fingerprint density at radius 3 is 0.261 bits per heavy atom. The van der Waals surface area contributed by atoms with Gasteiger partial charge < -0.3 is 0 Å². The van der Waals surface area contributed by atoms with Gasteiger partial charge in [0.15, 0.2) is 0 Å². The molecule has 35 heteroatoms. The van der Waals surface area contributed by atoms with E-state index in [1.54, 1.807) is 63.7 Å². The van der Waals surface area contributed by atoms with Gasteiger partial charge in [-0.1, -0.05) is 249 Å². The summed E-state index contributed by atoms with van der Waals surface area (Å²) in [5, 5.41) is 0. The summed E-state index contributed by atoms with van der Waals surface area (Å²) in [5.41, 5.74) is 2.78. The maximum absolute atomic E-state index is 10.7. The first-order valence-electron chi connectivity index (χ1n) is 31.9. The number of hydrogen-bond donors (Lipinski definition) is 0. The van der Waals surface area contributed by atoms with Crippen molar-refractivity contribution in [2.75, 3.05) is 0 Å². The molecule has 0 N–H and O–H groups in total. The second-order valence-corrected chi connectivity index (χ2v) is 58.4. The van der Waals surface area contributed by atoms with Gasteiger partial charge in [-0.2, -0.15) is 0 Å². The van der Waals surface area contributed by atoms with Gasteiger partial charge in [-0.05, 0) is 187 Å². The summed E-state index contributed by atoms with van der Waals surface area (Å²) in [4.78, 5) is 0. The maximum atomic E-state index is 9.87. The van der Waals surface area contributed by atoms with E-state index in [0.29, 0.717) is 0 Å². The Kier molecular flexibility index (Phi) is 78.5. The molecule has 2 heterocycles. The molecule has 111 heavy (non-hydrogen) atoms. The summed E-state index contributed by atoms with van der Waals surface area (Å²) < 4.78 is 178. The monoisotopic (exact) mass is 1970 g/mol. The van der Waals surface area contributed by atoms with Gasteiger partial charge in [-0.15, -0.1) is 0 Å². The molecule has 8 nitrogen and oxygen atoms in total. The smallest absolute Gasteiger partial charge is 0 e. The second kappa shape index (κ2) is 58.3. The second-order valence-electron chi connectivity index (χ2n) is 35.9. The van der Waals surface area contributed by atoms with Crippen LogP contribution in [0.2, 0.25) is 0 Å². The van der Waals surface area contributed by atoms with E-state index in [4.69, 9.17) is 37.2 Å². The molecular weight excluding hydrogens is 1860 g/mol. The fraction of sp³-hybridized carbons (Fsp3) is 0.632. The Labute approximate surface area is 736 Å². The molecule has 2 saturated heterocycles. The third-order valence-corrected chi connectivity index (χ3v) is 39.4. The first kappa shape index (κ1) is 149. The normalized spacial score (nSPS) is 20.3. The number of rotatable bonds is 0. The predicted molar refractivity (Wildman–Crippen MR) is 421 cm³/mol. The van der Waals surface area contributed by atoms with Crippen LogP contribution in [0.25, 0.3) is 0 Å². The maximum Gasteiger partial charge on any atom is 2.00 e. The van der Waals surface area contributed by atoms with Gasteiger partial charge in [-0.25, -0.2) is 0 Å². The molecule has 0 spiro atoms. The van der Waals surface area contributed by atoms with E-state index in [0.717, 1.165) is 0 Å². The molecule has 0 bridgehead atoms. The van der Waals surface area contributed by atoms with Crippen LogP contribution in [-0.2, 0) is 123 Å². The van der Waals surface area contributed by atoms with Crippen LogP contribution >= 0.6 is 79.3 Å². The van der Waals surface area contributed by atoms with Gasteiger partial charge in [0.25, 0.3) is 0 Å². The van der Waals surface area contributed by atoms with Gasteiger partial charge in [-0.3, -0.25) is 0 Å². The van der Waals surface area contributed by atoms with E-state index in [2.05, 4.69) is 354 Å². The van der Waals surface area contributed by atoms with E-state index in [-0.39, 0.29) is 150 Å². The molecule has 0 amide bonds. The van der Waals surface area contributed by atoms with E-state index in [9.17, 15) is 50.4 Å². The Bertz CT molecular complexity index is 2110. The summed E-state index contributed by atoms with van der Waals surface area (Å²) >= 11 is 0. The molecule has 28 radical (unpaired) electrons. The van der Waals surface area contributed by atoms with Crippen molar-refractivity contribution >= 4 is 79.3 Å². The molecule has 6 aliphatic rings. The van der Waals surface area contributed by atoms with E-state index >= 15 is 0 Å². The fourth-order valence-electron chi connectivity index (χ4n) is 8.81. The van der Waals surface area contributed by atoms with Crippen molar-refractivity contribution in [3.63, 3.8) is 0 Å². The third-order valence-electron chi connectivity index (χ3n) is 13.8. The van der Waals surface area contributed by atoms with Crippen LogP contribution in [0.15, 0.2) is 0 Å². The number of hydrogen-bond acceptors (Lipinski definition) is 0. The van der Waals surface area contributed by atoms with Gasteiger partial charge >= 0.3 is 173 Å². The molecule has 6 fully saturated rings. The van der Waals surface area contributed by atoms with Gasteiger partial charge in [0.2, 0.25) is 0 Å². The van der Waals surface area contributed by atoms with Crippen LogP contribution in [0.1, 0.15) is 249 Å². The minimum atomic E-state index is -10.7. The molecule has 0 aromatic carbocycles. The molecule has 642 valence electrons. The molecule has 0 aromatic heterocycles. The standard InChI is InChI=1S/4C17H29.8CO.2F6P.5Fe.2P4/c4*1-15(2,3)12-10-13(16(4,5)6)14(11-12)17(7,8)9;8*1-2;2*1-7(2,3,4,5)6;;;;;;2*1-2-4-3-1/h4*10-11H,1-9H3;;;;;;;;;;;;;;;;;/q;;;;;;;;;;;;2*-1;;;;;+2;;. The summed E-state index contributed by atoms with van der Waals surface area (Å²) in [6.07, 6.45) is 19.3. The molecule has 0 aromatic rings. The van der Waals surface area contributed by atoms with Crippen molar-refractivity contribution in [3.8, 4) is 0 Å². The minimum absolute atomic E-state index is 0. The molecular formula is C76H116F12Fe5O8P10. The Balaban J connectivity index is -0.0000000729. The molecule has 0 unspecified atom stereocenters. The van der Waals surface area contributed by atoms with Gasteiger partial charge in [0.05, 0.1) is 0 Å². The van der Waals surface area contributed by atoms with Crippen molar-refractivity contribution in [3.05, 3.63) is 176 Å². The van der Waals surface area contributed by atoms with Crippen molar-refractivity contribution in [2.24, 2.45) is 65.0 Å². The Hall–Kier alpha value is 3.98. The van der Waals surface area contributed by atoms with Crippen LogP contribution in [0, 0.1) is 241 Å². The molecule has 4 saturated carbocycles. The average molecular weight is 1970 g/mol. The average Bonchev–Trinajstić information content (AvgIpc) is 1.71. The van der Waals surface area contributed by atoms with E-state index in [1.165, 1.54) is 71.0 Å². The van der Waals surface area contributed by atoms with Crippen molar-refractivity contribution in [1.29, 1.82) is 0 Å². The topological polar surface area (TPSA) is 159 Å². The van der Waals surface area contributed by atoms with Crippen LogP contribution in [0.3, 0.4) is 0 Å². The largest absolute Gasteiger partial charge is 2.00 e. The fourth-order valence-corrected chi connectivity index (χ4v) is 15.2. The number of halogens is 12. The molecule has 6 rings (SSSR count). The summed E-state index contributed by atoms with van der Waals surface area (Å²) in [6.45, 7) is 119. The molecule has 4 aliphatic carbocycles. The Morgan fingerprint density at radius 2 is 0.234 bits per heavy atom. The summed E-state index contributed by atoms with van der Waals surface area (Å²) in [5.74, 6) is 17.9. The van der Waals surface area contributed by atoms with Crippen LogP contribution in [0.5, 0.6) is 0 Å². The van der Waals surface area contributed by atoms with Crippen LogP contribution < -0.4 is 0 Å². The van der Waals surface area contributed by atoms with Crippen LogP contribution in [-0.4, -0.2) is 0 Å². The van der Waals surface area contributed by atoms with Crippen LogP contribution in [0.4, 0.5) is 50.4 Å². The zero-order chi connectivity index (χ0) is 89.1. The van der Waals surface area contributed by atoms with Gasteiger partial charge in [0.1, 0.15) is 0 Å². The zero-order valence-corrected chi connectivity index (χ0v) is 85.1. The van der Waals surface area contributed by atoms with E-state index < -0.39 is 15.6 Å². The van der Waals surface area contributed by atoms with Crippen molar-refractivity contribution in [1.82, 2.24) is 0 Å². The van der Waals surface area contributed by atoms with Crippen molar-refractivity contribution in [2.45, 2.75) is 249 Å². The third kappa shape index (κ3) is 82.1. The molecule has 0 atom stereocenters. The minimum Gasteiger partial charge on any atom is 0 e. The summed E-state index contributed by atoms with van der Waals surface area (Å²) in [6, 6.07) is 0. The first-order valence-corrected chi connectivity index (χ1v) is 48.7. The van der Waals surface area contributed by atoms with E-state index in [1.807, 2.05) is 0 Å². The van der Waals surface area contributed by atoms with Gasteiger partial charge in [0, 0.05) is 132 Å². The van der Waals surface area contributed by atoms with Crippen molar-refractivity contribution < 1.29 is 173 Å². The predicted octanol–water partition coefficient (Wildman–Crippen LogP) is 34.4. The summed E-state index contributed by atoms with van der Waals surface area (Å²) in [7, 11) is -8.43. The zero-order valence-electron chi connectivity index (χ0n) is 70.7. The first-order chi connectivity index (χ1) is 46.2. The Morgan fingerprint density at radius 1 is 0.180 bits per heavy atom.